The van der Waals surface area contributed by atoms with Crippen LogP contribution in [0.1, 0.15) is 36.6 Å². The minimum absolute atomic E-state index is 0.0969. The second-order valence-electron chi connectivity index (χ2n) is 8.71. The third kappa shape index (κ3) is 4.71. The fourth-order valence-electron chi connectivity index (χ4n) is 4.01. The molecule has 0 unspecified atom stereocenters. The molecule has 3 aromatic rings. The minimum Gasteiger partial charge on any atom is -0.380 e. The Labute approximate surface area is 196 Å². The Morgan fingerprint density at radius 2 is 1.91 bits per heavy atom. The van der Waals surface area contributed by atoms with Crippen LogP contribution in [0.25, 0.3) is 5.69 Å². The summed E-state index contributed by atoms with van der Waals surface area (Å²) in [6.07, 6.45) is 2.00. The standard InChI is InChI=1S/C25H27FN4O4/c1-16(17-5-8-21(9-6-17)30-12-3-11-27-30)28-24(33)25(2,34)22(31)23(32)29-13-10-18-4-7-20(26)14-19(18)15-29/h3-9,11-12,14,16,22,31,34H,10,13,15H2,1-2H3,(H,28,33)/t16-,22+,25-/m1/s1. The number of hydrogen-bond acceptors (Lipinski definition) is 5. The van der Waals surface area contributed by atoms with Crippen molar-refractivity contribution in [1.29, 1.82) is 0 Å². The number of halogens is 1. The topological polar surface area (TPSA) is 108 Å². The van der Waals surface area contributed by atoms with Crippen LogP contribution >= 0.6 is 0 Å². The van der Waals surface area contributed by atoms with Gasteiger partial charge in [-0.2, -0.15) is 5.10 Å². The fourth-order valence-corrected chi connectivity index (χ4v) is 4.01. The van der Waals surface area contributed by atoms with Gasteiger partial charge in [-0.25, -0.2) is 9.07 Å². The van der Waals surface area contributed by atoms with E-state index in [2.05, 4.69) is 10.4 Å². The highest BCUT2D eigenvalue weighted by molar-refractivity contribution is 5.94. The van der Waals surface area contributed by atoms with E-state index in [-0.39, 0.29) is 6.54 Å². The molecule has 2 heterocycles. The van der Waals surface area contributed by atoms with Gasteiger partial charge in [-0.05, 0) is 67.3 Å². The van der Waals surface area contributed by atoms with Crippen molar-refractivity contribution in [2.24, 2.45) is 0 Å². The van der Waals surface area contributed by atoms with E-state index in [9.17, 15) is 24.2 Å². The first kappa shape index (κ1) is 23.6. The molecule has 0 spiro atoms. The second-order valence-corrected chi connectivity index (χ2v) is 8.71. The van der Waals surface area contributed by atoms with Crippen molar-refractivity contribution in [3.05, 3.63) is 83.4 Å². The van der Waals surface area contributed by atoms with Gasteiger partial charge in [0, 0.05) is 25.5 Å². The number of aliphatic hydroxyl groups excluding tert-OH is 1. The lowest BCUT2D eigenvalue weighted by atomic mass is 9.94. The highest BCUT2D eigenvalue weighted by atomic mass is 19.1. The second kappa shape index (κ2) is 9.36. The van der Waals surface area contributed by atoms with Crippen LogP contribution in [0.4, 0.5) is 4.39 Å². The Kier molecular flexibility index (Phi) is 6.49. The van der Waals surface area contributed by atoms with Crippen LogP contribution in [0.2, 0.25) is 0 Å². The van der Waals surface area contributed by atoms with E-state index in [1.54, 1.807) is 23.9 Å². The molecule has 2 amide bonds. The molecular formula is C25H27FN4O4. The summed E-state index contributed by atoms with van der Waals surface area (Å²) in [5, 5.41) is 28.2. The molecule has 1 aliphatic heterocycles. The van der Waals surface area contributed by atoms with Gasteiger partial charge in [0.1, 0.15) is 5.82 Å². The Morgan fingerprint density at radius 3 is 2.59 bits per heavy atom. The number of nitrogens with one attached hydrogen (secondary N) is 1. The molecular weight excluding hydrogens is 439 g/mol. The number of hydrogen-bond donors (Lipinski definition) is 3. The molecule has 3 atom stereocenters. The number of aliphatic hydroxyl groups is 2. The molecule has 8 nitrogen and oxygen atoms in total. The van der Waals surface area contributed by atoms with Gasteiger partial charge in [0.25, 0.3) is 11.8 Å². The summed E-state index contributed by atoms with van der Waals surface area (Å²) < 4.78 is 15.3. The van der Waals surface area contributed by atoms with Gasteiger partial charge in [-0.3, -0.25) is 9.59 Å². The normalized spacial score (nSPS) is 16.8. The van der Waals surface area contributed by atoms with E-state index in [1.165, 1.54) is 17.0 Å². The maximum Gasteiger partial charge on any atom is 0.255 e. The average molecular weight is 467 g/mol. The first-order valence-corrected chi connectivity index (χ1v) is 11.0. The molecule has 0 radical (unpaired) electrons. The molecule has 2 aromatic carbocycles. The summed E-state index contributed by atoms with van der Waals surface area (Å²) >= 11 is 0. The molecule has 34 heavy (non-hydrogen) atoms. The van der Waals surface area contributed by atoms with Crippen LogP contribution in [0.5, 0.6) is 0 Å². The number of aromatic nitrogens is 2. The quantitative estimate of drug-likeness (QED) is 0.514. The van der Waals surface area contributed by atoms with E-state index in [1.807, 2.05) is 36.5 Å². The predicted molar refractivity (Wildman–Crippen MR) is 122 cm³/mol. The predicted octanol–water partition coefficient (Wildman–Crippen LogP) is 1.89. The van der Waals surface area contributed by atoms with Crippen LogP contribution in [0, 0.1) is 5.82 Å². The Balaban J connectivity index is 1.40. The molecule has 0 saturated carbocycles. The molecule has 178 valence electrons. The van der Waals surface area contributed by atoms with Gasteiger partial charge in [-0.1, -0.05) is 18.2 Å². The smallest absolute Gasteiger partial charge is 0.255 e. The number of fused-ring (bicyclic) bond motifs is 1. The van der Waals surface area contributed by atoms with Crippen molar-refractivity contribution in [2.45, 2.75) is 44.6 Å². The maximum atomic E-state index is 13.6. The third-order valence-electron chi connectivity index (χ3n) is 6.23. The lowest BCUT2D eigenvalue weighted by molar-refractivity contribution is -0.166. The summed E-state index contributed by atoms with van der Waals surface area (Å²) in [5.74, 6) is -2.07. The number of benzene rings is 2. The zero-order valence-electron chi connectivity index (χ0n) is 19.0. The molecule has 0 aliphatic carbocycles. The van der Waals surface area contributed by atoms with Gasteiger partial charge in [0.05, 0.1) is 11.7 Å². The highest BCUT2D eigenvalue weighted by Crippen LogP contribution is 2.23. The van der Waals surface area contributed by atoms with E-state index < -0.39 is 35.4 Å². The van der Waals surface area contributed by atoms with E-state index in [0.29, 0.717) is 18.5 Å². The molecule has 0 fully saturated rings. The molecule has 0 saturated heterocycles. The van der Waals surface area contributed by atoms with Crippen molar-refractivity contribution < 1.29 is 24.2 Å². The van der Waals surface area contributed by atoms with Crippen molar-refractivity contribution >= 4 is 11.8 Å². The minimum atomic E-state index is -2.36. The zero-order valence-corrected chi connectivity index (χ0v) is 19.0. The first-order valence-electron chi connectivity index (χ1n) is 11.0. The van der Waals surface area contributed by atoms with E-state index >= 15 is 0 Å². The average Bonchev–Trinajstić information content (AvgIpc) is 3.37. The van der Waals surface area contributed by atoms with Gasteiger partial charge in [0.2, 0.25) is 0 Å². The molecule has 9 heteroatoms. The van der Waals surface area contributed by atoms with Crippen LogP contribution in [-0.4, -0.2) is 55.0 Å². The summed E-state index contributed by atoms with van der Waals surface area (Å²) in [7, 11) is 0. The summed E-state index contributed by atoms with van der Waals surface area (Å²) in [5.41, 5.74) is 0.835. The SMILES string of the molecule is C[C@@H](NC(=O)[C@](C)(O)[C@@H](O)C(=O)N1CCc2ccc(F)cc2C1)c1ccc(-n2cccn2)cc1. The molecule has 4 rings (SSSR count). The Bertz CT molecular complexity index is 1180. The van der Waals surface area contributed by atoms with Crippen molar-refractivity contribution in [2.75, 3.05) is 6.54 Å². The van der Waals surface area contributed by atoms with Crippen molar-refractivity contribution in [1.82, 2.24) is 20.0 Å². The van der Waals surface area contributed by atoms with Crippen molar-refractivity contribution in [3.8, 4) is 5.69 Å². The summed E-state index contributed by atoms with van der Waals surface area (Å²) in [4.78, 5) is 27.0. The van der Waals surface area contributed by atoms with Crippen LogP contribution in [-0.2, 0) is 22.6 Å². The summed E-state index contributed by atoms with van der Waals surface area (Å²) in [6, 6.07) is 13.1. The number of amides is 2. The van der Waals surface area contributed by atoms with Crippen LogP contribution < -0.4 is 5.32 Å². The fraction of sp³-hybridized carbons (Fsp3) is 0.320. The monoisotopic (exact) mass is 466 g/mol. The number of carbonyl (C=O) groups is 2. The van der Waals surface area contributed by atoms with Crippen LogP contribution in [0.3, 0.4) is 0 Å². The van der Waals surface area contributed by atoms with Crippen LogP contribution in [0.15, 0.2) is 60.9 Å². The van der Waals surface area contributed by atoms with Gasteiger partial charge < -0.3 is 20.4 Å². The Morgan fingerprint density at radius 1 is 1.18 bits per heavy atom. The molecule has 0 bridgehead atoms. The number of rotatable bonds is 6. The highest BCUT2D eigenvalue weighted by Gasteiger charge is 2.45. The molecule has 1 aliphatic rings. The zero-order chi connectivity index (χ0) is 24.5. The summed E-state index contributed by atoms with van der Waals surface area (Å²) in [6.45, 7) is 3.24. The lowest BCUT2D eigenvalue weighted by Gasteiger charge is -2.35. The molecule has 1 aromatic heterocycles. The lowest BCUT2D eigenvalue weighted by Crippen LogP contribution is -2.59. The molecule has 3 N–H and O–H groups in total. The first-order chi connectivity index (χ1) is 16.2. The van der Waals surface area contributed by atoms with Gasteiger partial charge in [-0.15, -0.1) is 0 Å². The van der Waals surface area contributed by atoms with E-state index in [0.717, 1.165) is 23.7 Å². The Hall–Kier alpha value is -3.56. The number of nitrogens with zero attached hydrogens (tertiary/aromatic N) is 3. The maximum absolute atomic E-state index is 13.6. The largest absolute Gasteiger partial charge is 0.380 e. The van der Waals surface area contributed by atoms with Gasteiger partial charge >= 0.3 is 0 Å². The third-order valence-corrected chi connectivity index (χ3v) is 6.23. The number of carbonyl (C=O) groups excluding carboxylic acids is 2. The van der Waals surface area contributed by atoms with Gasteiger partial charge in [0.15, 0.2) is 11.7 Å². The van der Waals surface area contributed by atoms with E-state index in [4.69, 9.17) is 0 Å². The van der Waals surface area contributed by atoms with Crippen molar-refractivity contribution in [3.63, 3.8) is 0 Å².